The van der Waals surface area contributed by atoms with Crippen LogP contribution in [0.1, 0.15) is 62.4 Å². The van der Waals surface area contributed by atoms with Gasteiger partial charge in [0.1, 0.15) is 11.5 Å². The average molecular weight is 354 g/mol. The molecule has 0 saturated heterocycles. The van der Waals surface area contributed by atoms with Gasteiger partial charge >= 0.3 is 5.97 Å². The van der Waals surface area contributed by atoms with E-state index in [0.29, 0.717) is 17.2 Å². The molecular formula is C23H30O3. The Labute approximate surface area is 157 Å². The number of ether oxygens (including phenoxy) is 2. The Balaban J connectivity index is 1.83. The van der Waals surface area contributed by atoms with Crippen LogP contribution in [0.25, 0.3) is 0 Å². The Hall–Kier alpha value is -2.29. The Bertz CT molecular complexity index is 657. The van der Waals surface area contributed by atoms with Crippen molar-refractivity contribution in [3.8, 4) is 11.5 Å². The van der Waals surface area contributed by atoms with E-state index in [-0.39, 0.29) is 5.97 Å². The molecule has 0 aliphatic heterocycles. The van der Waals surface area contributed by atoms with Crippen molar-refractivity contribution in [3.63, 3.8) is 0 Å². The molecule has 3 heteroatoms. The van der Waals surface area contributed by atoms with Crippen molar-refractivity contribution >= 4 is 5.97 Å². The molecule has 26 heavy (non-hydrogen) atoms. The first-order valence-corrected chi connectivity index (χ1v) is 9.62. The van der Waals surface area contributed by atoms with Gasteiger partial charge in [-0.2, -0.15) is 0 Å². The summed E-state index contributed by atoms with van der Waals surface area (Å²) in [5.41, 5.74) is 1.80. The predicted molar refractivity (Wildman–Crippen MR) is 106 cm³/mol. The van der Waals surface area contributed by atoms with Crippen LogP contribution in [0.2, 0.25) is 0 Å². The first-order valence-electron chi connectivity index (χ1n) is 9.62. The van der Waals surface area contributed by atoms with Gasteiger partial charge in [0.15, 0.2) is 0 Å². The zero-order valence-electron chi connectivity index (χ0n) is 16.2. The summed E-state index contributed by atoms with van der Waals surface area (Å²) < 4.78 is 11.1. The lowest BCUT2D eigenvalue weighted by atomic mass is 10.0. The highest BCUT2D eigenvalue weighted by Gasteiger charge is 2.09. The number of rotatable bonds is 10. The number of benzene rings is 2. The molecule has 140 valence electrons. The minimum absolute atomic E-state index is 0.339. The molecule has 0 radical (unpaired) electrons. The van der Waals surface area contributed by atoms with Gasteiger partial charge in [0.25, 0.3) is 0 Å². The van der Waals surface area contributed by atoms with Gasteiger partial charge in [-0.05, 0) is 60.7 Å². The van der Waals surface area contributed by atoms with Crippen molar-refractivity contribution < 1.29 is 14.3 Å². The van der Waals surface area contributed by atoms with Gasteiger partial charge in [0.2, 0.25) is 0 Å². The summed E-state index contributed by atoms with van der Waals surface area (Å²) in [6.07, 6.45) is 5.74. The molecule has 0 bridgehead atoms. The van der Waals surface area contributed by atoms with Crippen molar-refractivity contribution in [3.05, 3.63) is 59.7 Å². The lowest BCUT2D eigenvalue weighted by molar-refractivity contribution is 0.0734. The first-order chi connectivity index (χ1) is 12.6. The number of esters is 1. The summed E-state index contributed by atoms with van der Waals surface area (Å²) in [5, 5.41) is 0. The van der Waals surface area contributed by atoms with Crippen molar-refractivity contribution in [1.82, 2.24) is 0 Å². The smallest absolute Gasteiger partial charge is 0.343 e. The molecule has 0 N–H and O–H groups in total. The van der Waals surface area contributed by atoms with Crippen molar-refractivity contribution in [2.45, 2.75) is 52.9 Å². The molecule has 0 spiro atoms. The summed E-state index contributed by atoms with van der Waals surface area (Å²) in [5.74, 6) is 1.59. The van der Waals surface area contributed by atoms with Gasteiger partial charge in [-0.1, -0.05) is 52.2 Å². The molecule has 0 aromatic heterocycles. The molecule has 2 aromatic rings. The van der Waals surface area contributed by atoms with Gasteiger partial charge in [0.05, 0.1) is 12.2 Å². The van der Waals surface area contributed by atoms with Crippen LogP contribution in [0.4, 0.5) is 0 Å². The van der Waals surface area contributed by atoms with Crippen LogP contribution in [0, 0.1) is 5.92 Å². The van der Waals surface area contributed by atoms with E-state index in [9.17, 15) is 4.79 Å². The second-order valence-corrected chi connectivity index (χ2v) is 7.06. The van der Waals surface area contributed by atoms with Crippen molar-refractivity contribution in [2.75, 3.05) is 6.61 Å². The highest BCUT2D eigenvalue weighted by Crippen LogP contribution is 2.19. The van der Waals surface area contributed by atoms with Gasteiger partial charge in [-0.3, -0.25) is 0 Å². The zero-order valence-corrected chi connectivity index (χ0v) is 16.2. The Morgan fingerprint density at radius 2 is 1.54 bits per heavy atom. The molecule has 0 unspecified atom stereocenters. The molecule has 0 amide bonds. The Morgan fingerprint density at radius 3 is 2.15 bits per heavy atom. The van der Waals surface area contributed by atoms with Crippen LogP contribution in [0.15, 0.2) is 48.5 Å². The van der Waals surface area contributed by atoms with E-state index < -0.39 is 0 Å². The number of carbonyl (C=O) groups excluding carboxylic acids is 1. The lowest BCUT2D eigenvalue weighted by Crippen LogP contribution is -2.08. The van der Waals surface area contributed by atoms with Crippen LogP contribution in [-0.4, -0.2) is 12.6 Å². The second kappa shape index (κ2) is 10.6. The third kappa shape index (κ3) is 6.91. The lowest BCUT2D eigenvalue weighted by Gasteiger charge is -2.09. The molecule has 2 rings (SSSR count). The normalized spacial score (nSPS) is 10.8. The minimum Gasteiger partial charge on any atom is -0.494 e. The fourth-order valence-corrected chi connectivity index (χ4v) is 2.74. The maximum absolute atomic E-state index is 12.3. The van der Waals surface area contributed by atoms with E-state index >= 15 is 0 Å². The van der Waals surface area contributed by atoms with E-state index in [2.05, 4.69) is 20.8 Å². The fourth-order valence-electron chi connectivity index (χ4n) is 2.74. The standard InChI is InChI=1S/C23H30O3/c1-4-5-6-7-16-25-21-12-14-22(15-13-21)26-23(24)20-10-8-19(9-11-20)17-18(2)3/h8-15,18H,4-7,16-17H2,1-3H3. The van der Waals surface area contributed by atoms with Gasteiger partial charge < -0.3 is 9.47 Å². The topological polar surface area (TPSA) is 35.5 Å². The third-order valence-corrected chi connectivity index (χ3v) is 4.13. The molecule has 0 saturated carbocycles. The van der Waals surface area contributed by atoms with Gasteiger partial charge in [-0.15, -0.1) is 0 Å². The van der Waals surface area contributed by atoms with E-state index in [1.807, 2.05) is 36.4 Å². The summed E-state index contributed by atoms with van der Waals surface area (Å²) in [6.45, 7) is 7.28. The maximum atomic E-state index is 12.3. The molecule has 0 atom stereocenters. The highest BCUT2D eigenvalue weighted by molar-refractivity contribution is 5.91. The number of hydrogen-bond acceptors (Lipinski definition) is 3. The largest absolute Gasteiger partial charge is 0.494 e. The van der Waals surface area contributed by atoms with E-state index in [1.165, 1.54) is 24.8 Å². The van der Waals surface area contributed by atoms with Crippen molar-refractivity contribution in [1.29, 1.82) is 0 Å². The van der Waals surface area contributed by atoms with Crippen LogP contribution in [0.3, 0.4) is 0 Å². The molecule has 0 heterocycles. The predicted octanol–water partition coefficient (Wildman–Crippen LogP) is 6.06. The fraction of sp³-hybridized carbons (Fsp3) is 0.435. The number of hydrogen-bond donors (Lipinski definition) is 0. The number of carbonyl (C=O) groups is 1. The van der Waals surface area contributed by atoms with Crippen LogP contribution < -0.4 is 9.47 Å². The maximum Gasteiger partial charge on any atom is 0.343 e. The van der Waals surface area contributed by atoms with E-state index in [0.717, 1.165) is 25.2 Å². The molecule has 3 nitrogen and oxygen atoms in total. The van der Waals surface area contributed by atoms with E-state index in [1.54, 1.807) is 12.1 Å². The summed E-state index contributed by atoms with van der Waals surface area (Å²) in [7, 11) is 0. The van der Waals surface area contributed by atoms with Crippen molar-refractivity contribution in [2.24, 2.45) is 5.92 Å². The van der Waals surface area contributed by atoms with Crippen LogP contribution >= 0.6 is 0 Å². The van der Waals surface area contributed by atoms with Gasteiger partial charge in [-0.25, -0.2) is 4.79 Å². The summed E-state index contributed by atoms with van der Waals surface area (Å²) in [4.78, 5) is 12.3. The van der Waals surface area contributed by atoms with Crippen LogP contribution in [-0.2, 0) is 6.42 Å². The SMILES string of the molecule is CCCCCCOc1ccc(OC(=O)c2ccc(CC(C)C)cc2)cc1. The van der Waals surface area contributed by atoms with Crippen LogP contribution in [0.5, 0.6) is 11.5 Å². The molecule has 2 aromatic carbocycles. The molecule has 0 aliphatic rings. The molecule has 0 aliphatic carbocycles. The second-order valence-electron chi connectivity index (χ2n) is 7.06. The highest BCUT2D eigenvalue weighted by atomic mass is 16.5. The Morgan fingerprint density at radius 1 is 0.885 bits per heavy atom. The summed E-state index contributed by atoms with van der Waals surface area (Å²) >= 11 is 0. The third-order valence-electron chi connectivity index (χ3n) is 4.13. The monoisotopic (exact) mass is 354 g/mol. The number of unbranched alkanes of at least 4 members (excludes halogenated alkanes) is 3. The minimum atomic E-state index is -0.339. The molecule has 0 fully saturated rings. The Kier molecular flexibility index (Phi) is 8.20. The van der Waals surface area contributed by atoms with Gasteiger partial charge in [0, 0.05) is 0 Å². The summed E-state index contributed by atoms with van der Waals surface area (Å²) in [6, 6.07) is 14.9. The quantitative estimate of drug-likeness (QED) is 0.295. The first kappa shape index (κ1) is 20.0. The van der Waals surface area contributed by atoms with E-state index in [4.69, 9.17) is 9.47 Å². The zero-order chi connectivity index (χ0) is 18.8. The molecular weight excluding hydrogens is 324 g/mol. The average Bonchev–Trinajstić information content (AvgIpc) is 2.63.